The Bertz CT molecular complexity index is 1170. The summed E-state index contributed by atoms with van der Waals surface area (Å²) in [5.74, 6) is 5.42. The molecule has 0 aliphatic carbocycles. The molecule has 0 saturated carbocycles. The summed E-state index contributed by atoms with van der Waals surface area (Å²) >= 11 is 3.30. The fourth-order valence-corrected chi connectivity index (χ4v) is 3.80. The number of hydrogen-bond donors (Lipinski definition) is 2. The van der Waals surface area contributed by atoms with Gasteiger partial charge >= 0.3 is 0 Å². The van der Waals surface area contributed by atoms with E-state index in [4.69, 9.17) is 0 Å². The molecule has 3 aromatic carbocycles. The second-order valence-corrected chi connectivity index (χ2v) is 8.59. The topological polar surface area (TPSA) is 75.3 Å². The number of sulfonamides is 1. The fraction of sp³-hybridized carbons (Fsp3) is 0.0455. The average molecular weight is 469 g/mol. The summed E-state index contributed by atoms with van der Waals surface area (Å²) < 4.78 is 28.5. The Morgan fingerprint density at radius 1 is 0.931 bits per heavy atom. The summed E-state index contributed by atoms with van der Waals surface area (Å²) in [6.07, 6.45) is 0. The van der Waals surface area contributed by atoms with E-state index in [1.165, 1.54) is 18.2 Å². The van der Waals surface area contributed by atoms with Gasteiger partial charge in [0.2, 0.25) is 0 Å². The summed E-state index contributed by atoms with van der Waals surface area (Å²) in [6, 6.07) is 22.0. The van der Waals surface area contributed by atoms with E-state index >= 15 is 0 Å². The molecule has 5 nitrogen and oxygen atoms in total. The molecule has 2 N–H and O–H groups in total. The number of hydrogen-bond acceptors (Lipinski definition) is 3. The Labute approximate surface area is 178 Å². The maximum Gasteiger partial charge on any atom is 0.261 e. The van der Waals surface area contributed by atoms with Gasteiger partial charge in [0.1, 0.15) is 0 Å². The van der Waals surface area contributed by atoms with Crippen LogP contribution in [0.4, 0.5) is 5.69 Å². The Morgan fingerprint density at radius 2 is 1.66 bits per heavy atom. The molecular weight excluding hydrogens is 452 g/mol. The molecule has 0 heterocycles. The molecule has 0 radical (unpaired) electrons. The quantitative estimate of drug-likeness (QED) is 0.555. The lowest BCUT2D eigenvalue weighted by Crippen LogP contribution is -2.24. The Kier molecular flexibility index (Phi) is 6.70. The van der Waals surface area contributed by atoms with Gasteiger partial charge in [0.25, 0.3) is 15.9 Å². The monoisotopic (exact) mass is 468 g/mol. The Balaban J connectivity index is 1.67. The number of anilines is 1. The highest BCUT2D eigenvalue weighted by Gasteiger charge is 2.16. The van der Waals surface area contributed by atoms with Crippen molar-refractivity contribution in [3.05, 3.63) is 94.5 Å². The predicted octanol–water partition coefficient (Wildman–Crippen LogP) is 4.03. The van der Waals surface area contributed by atoms with E-state index < -0.39 is 15.9 Å². The van der Waals surface area contributed by atoms with Crippen LogP contribution >= 0.6 is 15.9 Å². The van der Waals surface area contributed by atoms with Gasteiger partial charge in [-0.3, -0.25) is 9.52 Å². The van der Waals surface area contributed by atoms with Crippen LogP contribution in [0.3, 0.4) is 0 Å². The highest BCUT2D eigenvalue weighted by molar-refractivity contribution is 9.10. The summed E-state index contributed by atoms with van der Waals surface area (Å²) in [4.78, 5) is 12.3. The number of amides is 1. The first-order valence-corrected chi connectivity index (χ1v) is 10.9. The van der Waals surface area contributed by atoms with E-state index in [1.54, 1.807) is 30.3 Å². The lowest BCUT2D eigenvalue weighted by molar-refractivity contribution is 0.0958. The minimum atomic E-state index is -3.82. The minimum absolute atomic E-state index is 0.00318. The van der Waals surface area contributed by atoms with Crippen LogP contribution in [0.2, 0.25) is 0 Å². The molecule has 0 aliphatic rings. The molecule has 146 valence electrons. The van der Waals surface area contributed by atoms with Crippen LogP contribution in [0.5, 0.6) is 0 Å². The van der Waals surface area contributed by atoms with E-state index in [0.717, 1.165) is 10.0 Å². The molecule has 1 amide bonds. The lowest BCUT2D eigenvalue weighted by atomic mass is 10.2. The van der Waals surface area contributed by atoms with Crippen LogP contribution in [-0.2, 0) is 10.0 Å². The first-order chi connectivity index (χ1) is 13.9. The summed E-state index contributed by atoms with van der Waals surface area (Å²) in [5.41, 5.74) is 1.53. The molecule has 29 heavy (non-hydrogen) atoms. The number of carbonyl (C=O) groups is 1. The third-order valence-electron chi connectivity index (χ3n) is 3.85. The van der Waals surface area contributed by atoms with Gasteiger partial charge in [-0.1, -0.05) is 52.0 Å². The van der Waals surface area contributed by atoms with Crippen LogP contribution in [-0.4, -0.2) is 20.9 Å². The van der Waals surface area contributed by atoms with Gasteiger partial charge in [-0.25, -0.2) is 8.42 Å². The van der Waals surface area contributed by atoms with Crippen LogP contribution in [0.25, 0.3) is 0 Å². The maximum atomic E-state index is 12.6. The van der Waals surface area contributed by atoms with Gasteiger partial charge in [0, 0.05) is 21.3 Å². The molecule has 0 fully saturated rings. The van der Waals surface area contributed by atoms with Crippen molar-refractivity contribution in [1.82, 2.24) is 5.32 Å². The van der Waals surface area contributed by atoms with Crippen molar-refractivity contribution in [2.24, 2.45) is 0 Å². The zero-order chi connectivity index (χ0) is 20.7. The largest absolute Gasteiger partial charge is 0.341 e. The van der Waals surface area contributed by atoms with Crippen LogP contribution < -0.4 is 10.0 Å². The molecule has 0 unspecified atom stereocenters. The first kappa shape index (κ1) is 20.6. The lowest BCUT2D eigenvalue weighted by Gasteiger charge is -2.09. The van der Waals surface area contributed by atoms with Gasteiger partial charge in [-0.05, 0) is 54.6 Å². The van der Waals surface area contributed by atoms with Gasteiger partial charge < -0.3 is 5.32 Å². The second kappa shape index (κ2) is 9.41. The standard InChI is InChI=1S/C22H17BrN2O3S/c23-19-11-13-20(14-12-19)25-29(27,28)21-10-4-9-18(16-21)22(26)24-15-5-8-17-6-2-1-3-7-17/h1-4,6-7,9-14,16,25H,15H2,(H,24,26). The van der Waals surface area contributed by atoms with E-state index in [0.29, 0.717) is 5.69 Å². The molecule has 0 spiro atoms. The molecular formula is C22H17BrN2O3S. The molecule has 3 aromatic rings. The smallest absolute Gasteiger partial charge is 0.261 e. The van der Waals surface area contributed by atoms with Crippen molar-refractivity contribution < 1.29 is 13.2 Å². The predicted molar refractivity (Wildman–Crippen MR) is 117 cm³/mol. The van der Waals surface area contributed by atoms with Crippen molar-refractivity contribution in [2.75, 3.05) is 11.3 Å². The van der Waals surface area contributed by atoms with Gasteiger partial charge in [0.05, 0.1) is 11.4 Å². The number of benzene rings is 3. The highest BCUT2D eigenvalue weighted by Crippen LogP contribution is 2.19. The van der Waals surface area contributed by atoms with Crippen LogP contribution in [0.15, 0.2) is 88.2 Å². The second-order valence-electron chi connectivity index (χ2n) is 5.99. The third kappa shape index (κ3) is 5.95. The molecule has 0 bridgehead atoms. The normalized spacial score (nSPS) is 10.5. The average Bonchev–Trinajstić information content (AvgIpc) is 2.73. The summed E-state index contributed by atoms with van der Waals surface area (Å²) in [5, 5.41) is 2.67. The Morgan fingerprint density at radius 3 is 2.38 bits per heavy atom. The zero-order valence-electron chi connectivity index (χ0n) is 15.2. The van der Waals surface area contributed by atoms with Gasteiger partial charge in [-0.2, -0.15) is 0 Å². The fourth-order valence-electron chi connectivity index (χ4n) is 2.43. The van der Waals surface area contributed by atoms with Crippen LogP contribution in [0.1, 0.15) is 15.9 Å². The number of carbonyl (C=O) groups excluding carboxylic acids is 1. The Hall–Kier alpha value is -3.08. The van der Waals surface area contributed by atoms with Crippen molar-refractivity contribution in [2.45, 2.75) is 4.90 Å². The van der Waals surface area contributed by atoms with Gasteiger partial charge in [-0.15, -0.1) is 0 Å². The maximum absolute atomic E-state index is 12.6. The third-order valence-corrected chi connectivity index (χ3v) is 5.75. The zero-order valence-corrected chi connectivity index (χ0v) is 17.6. The highest BCUT2D eigenvalue weighted by atomic mass is 79.9. The van der Waals surface area contributed by atoms with E-state index in [9.17, 15) is 13.2 Å². The number of halogens is 1. The van der Waals surface area contributed by atoms with Crippen molar-refractivity contribution in [1.29, 1.82) is 0 Å². The molecule has 0 aliphatic heterocycles. The molecule has 7 heteroatoms. The minimum Gasteiger partial charge on any atom is -0.341 e. The summed E-state index contributed by atoms with van der Waals surface area (Å²) in [7, 11) is -3.82. The molecule has 0 aromatic heterocycles. The van der Waals surface area contributed by atoms with E-state index in [1.807, 2.05) is 30.3 Å². The SMILES string of the molecule is O=C(NCC#Cc1ccccc1)c1cccc(S(=O)(=O)Nc2ccc(Br)cc2)c1. The van der Waals surface area contributed by atoms with Crippen molar-refractivity contribution >= 4 is 37.5 Å². The first-order valence-electron chi connectivity index (χ1n) is 8.65. The van der Waals surface area contributed by atoms with E-state index in [2.05, 4.69) is 37.8 Å². The van der Waals surface area contributed by atoms with Crippen molar-refractivity contribution in [3.63, 3.8) is 0 Å². The van der Waals surface area contributed by atoms with E-state index in [-0.39, 0.29) is 17.0 Å². The van der Waals surface area contributed by atoms with Crippen LogP contribution in [0, 0.1) is 11.8 Å². The van der Waals surface area contributed by atoms with Crippen molar-refractivity contribution in [3.8, 4) is 11.8 Å². The number of rotatable bonds is 5. The summed E-state index contributed by atoms with van der Waals surface area (Å²) in [6.45, 7) is 0.155. The number of nitrogens with one attached hydrogen (secondary N) is 2. The molecule has 3 rings (SSSR count). The molecule has 0 atom stereocenters. The molecule has 0 saturated heterocycles. The van der Waals surface area contributed by atoms with Gasteiger partial charge in [0.15, 0.2) is 0 Å².